The highest BCUT2D eigenvalue weighted by atomic mass is 79.9. The maximum absolute atomic E-state index is 10.4. The smallest absolute Gasteiger partial charge is 0.332 e. The van der Waals surface area contributed by atoms with Gasteiger partial charge in [-0.3, -0.25) is 4.98 Å². The van der Waals surface area contributed by atoms with Crippen LogP contribution in [0.5, 0.6) is 0 Å². The van der Waals surface area contributed by atoms with E-state index in [-0.39, 0.29) is 6.61 Å². The summed E-state index contributed by atoms with van der Waals surface area (Å²) in [6.07, 6.45) is 2.50. The lowest BCUT2D eigenvalue weighted by Crippen LogP contribution is -2.19. The molecule has 76 valence electrons. The predicted molar refractivity (Wildman–Crippen MR) is 53.8 cm³/mol. The van der Waals surface area contributed by atoms with Crippen molar-refractivity contribution >= 4 is 21.9 Å². The van der Waals surface area contributed by atoms with E-state index in [9.17, 15) is 4.79 Å². The molecule has 0 aliphatic heterocycles. The number of carboxylic acid groups (broad SMARTS) is 1. The summed E-state index contributed by atoms with van der Waals surface area (Å²) in [5, 5.41) is 8.56. The summed E-state index contributed by atoms with van der Waals surface area (Å²) in [6.45, 7) is 1.74. The van der Waals surface area contributed by atoms with Gasteiger partial charge >= 0.3 is 5.97 Å². The molecule has 1 N–H and O–H groups in total. The Morgan fingerprint density at radius 1 is 1.71 bits per heavy atom. The van der Waals surface area contributed by atoms with Crippen molar-refractivity contribution in [2.24, 2.45) is 0 Å². The molecular weight excluding hydrogens is 250 g/mol. The molecule has 0 aliphatic carbocycles. The molecule has 1 aromatic heterocycles. The quantitative estimate of drug-likeness (QED) is 0.897. The Balaban J connectivity index is 2.49. The summed E-state index contributed by atoms with van der Waals surface area (Å²) in [7, 11) is 0. The van der Waals surface area contributed by atoms with Gasteiger partial charge in [-0.25, -0.2) is 4.79 Å². The molecule has 0 unspecified atom stereocenters. The average molecular weight is 260 g/mol. The lowest BCUT2D eigenvalue weighted by Gasteiger charge is -2.07. The molecule has 1 atom stereocenters. The molecule has 1 rings (SSSR count). The predicted octanol–water partition coefficient (Wildman–Crippen LogP) is 1.83. The van der Waals surface area contributed by atoms with Gasteiger partial charge in [0.15, 0.2) is 6.10 Å². The Labute approximate surface area is 90.0 Å². The van der Waals surface area contributed by atoms with Gasteiger partial charge in [0.25, 0.3) is 0 Å². The van der Waals surface area contributed by atoms with Crippen molar-refractivity contribution in [1.82, 2.24) is 4.98 Å². The standard InChI is InChI=1S/C9H10BrNO3/c1-6(9(12)13)14-5-7-2-8(10)4-11-3-7/h2-4,6H,5H2,1H3,(H,12,13)/t6-/m1/s1. The summed E-state index contributed by atoms with van der Waals surface area (Å²) >= 11 is 3.26. The van der Waals surface area contributed by atoms with E-state index in [2.05, 4.69) is 20.9 Å². The molecule has 4 nitrogen and oxygen atoms in total. The Kier molecular flexibility index (Phi) is 4.03. The molecule has 0 saturated heterocycles. The number of aromatic nitrogens is 1. The first-order chi connectivity index (χ1) is 6.59. The van der Waals surface area contributed by atoms with Crippen LogP contribution in [0.3, 0.4) is 0 Å². The molecule has 14 heavy (non-hydrogen) atoms. The highest BCUT2D eigenvalue weighted by Gasteiger charge is 2.10. The van der Waals surface area contributed by atoms with Gasteiger partial charge in [0.05, 0.1) is 6.61 Å². The lowest BCUT2D eigenvalue weighted by molar-refractivity contribution is -0.149. The van der Waals surface area contributed by atoms with Gasteiger partial charge in [-0.2, -0.15) is 0 Å². The highest BCUT2D eigenvalue weighted by molar-refractivity contribution is 9.10. The van der Waals surface area contributed by atoms with E-state index in [1.165, 1.54) is 6.92 Å². The molecular formula is C9H10BrNO3. The Morgan fingerprint density at radius 3 is 3.00 bits per heavy atom. The fraction of sp³-hybridized carbons (Fsp3) is 0.333. The van der Waals surface area contributed by atoms with E-state index in [1.54, 1.807) is 12.4 Å². The van der Waals surface area contributed by atoms with Crippen LogP contribution in [-0.4, -0.2) is 22.2 Å². The average Bonchev–Trinajstić information content (AvgIpc) is 2.14. The van der Waals surface area contributed by atoms with Gasteiger partial charge in [0, 0.05) is 16.9 Å². The second-order valence-electron chi connectivity index (χ2n) is 2.80. The number of nitrogens with zero attached hydrogens (tertiary/aromatic N) is 1. The number of carboxylic acids is 1. The van der Waals surface area contributed by atoms with Crippen molar-refractivity contribution in [3.05, 3.63) is 28.5 Å². The maximum atomic E-state index is 10.4. The minimum atomic E-state index is -0.965. The van der Waals surface area contributed by atoms with Crippen LogP contribution in [0.2, 0.25) is 0 Å². The fourth-order valence-electron chi connectivity index (χ4n) is 0.827. The number of rotatable bonds is 4. The van der Waals surface area contributed by atoms with Crippen molar-refractivity contribution in [3.63, 3.8) is 0 Å². The zero-order valence-corrected chi connectivity index (χ0v) is 9.19. The van der Waals surface area contributed by atoms with Crippen LogP contribution in [0, 0.1) is 0 Å². The molecule has 5 heteroatoms. The van der Waals surface area contributed by atoms with E-state index in [4.69, 9.17) is 9.84 Å². The minimum Gasteiger partial charge on any atom is -0.479 e. The second kappa shape index (κ2) is 5.07. The van der Waals surface area contributed by atoms with E-state index >= 15 is 0 Å². The van der Waals surface area contributed by atoms with E-state index in [0.717, 1.165) is 10.0 Å². The number of ether oxygens (including phenoxy) is 1. The van der Waals surface area contributed by atoms with Crippen molar-refractivity contribution < 1.29 is 14.6 Å². The van der Waals surface area contributed by atoms with Crippen LogP contribution in [-0.2, 0) is 16.1 Å². The third-order valence-corrected chi connectivity index (χ3v) is 2.04. The Bertz CT molecular complexity index is 330. The first-order valence-corrected chi connectivity index (χ1v) is 4.82. The summed E-state index contributed by atoms with van der Waals surface area (Å²) in [5.74, 6) is -0.965. The molecule has 0 aliphatic rings. The number of pyridine rings is 1. The molecule has 0 amide bonds. The van der Waals surface area contributed by atoms with Crippen molar-refractivity contribution in [3.8, 4) is 0 Å². The third-order valence-electron chi connectivity index (χ3n) is 1.61. The summed E-state index contributed by atoms with van der Waals surface area (Å²) in [4.78, 5) is 14.4. The molecule has 0 fully saturated rings. The van der Waals surface area contributed by atoms with Crippen LogP contribution < -0.4 is 0 Å². The van der Waals surface area contributed by atoms with Crippen LogP contribution >= 0.6 is 15.9 Å². The third kappa shape index (κ3) is 3.43. The van der Waals surface area contributed by atoms with Crippen molar-refractivity contribution in [2.75, 3.05) is 0 Å². The number of halogens is 1. The zero-order chi connectivity index (χ0) is 10.6. The molecule has 0 radical (unpaired) electrons. The van der Waals surface area contributed by atoms with Gasteiger partial charge in [-0.05, 0) is 34.5 Å². The zero-order valence-electron chi connectivity index (χ0n) is 7.61. The number of hydrogen-bond donors (Lipinski definition) is 1. The Hall–Kier alpha value is -0.940. The van der Waals surface area contributed by atoms with Crippen LogP contribution in [0.1, 0.15) is 12.5 Å². The van der Waals surface area contributed by atoms with E-state index in [0.29, 0.717) is 0 Å². The van der Waals surface area contributed by atoms with Gasteiger partial charge in [0.2, 0.25) is 0 Å². The van der Waals surface area contributed by atoms with Gasteiger partial charge in [0.1, 0.15) is 0 Å². The minimum absolute atomic E-state index is 0.250. The molecule has 0 saturated carbocycles. The molecule has 1 heterocycles. The summed E-state index contributed by atoms with van der Waals surface area (Å²) in [6, 6.07) is 1.83. The van der Waals surface area contributed by atoms with Crippen molar-refractivity contribution in [1.29, 1.82) is 0 Å². The molecule has 0 spiro atoms. The topological polar surface area (TPSA) is 59.4 Å². The molecule has 0 bridgehead atoms. The fourth-order valence-corrected chi connectivity index (χ4v) is 1.24. The van der Waals surface area contributed by atoms with Crippen LogP contribution in [0.15, 0.2) is 22.9 Å². The van der Waals surface area contributed by atoms with E-state index in [1.807, 2.05) is 6.07 Å². The summed E-state index contributed by atoms with van der Waals surface area (Å²) < 4.78 is 5.93. The first kappa shape index (κ1) is 11.1. The second-order valence-corrected chi connectivity index (χ2v) is 3.72. The maximum Gasteiger partial charge on any atom is 0.332 e. The van der Waals surface area contributed by atoms with Gasteiger partial charge in [-0.1, -0.05) is 0 Å². The number of carbonyl (C=O) groups is 1. The number of aliphatic carboxylic acids is 1. The Morgan fingerprint density at radius 2 is 2.43 bits per heavy atom. The van der Waals surface area contributed by atoms with Crippen LogP contribution in [0.25, 0.3) is 0 Å². The molecule has 0 aromatic carbocycles. The first-order valence-electron chi connectivity index (χ1n) is 4.03. The normalized spacial score (nSPS) is 12.4. The lowest BCUT2D eigenvalue weighted by atomic mass is 10.3. The summed E-state index contributed by atoms with van der Waals surface area (Å²) in [5.41, 5.74) is 0.840. The SMILES string of the molecule is C[C@@H](OCc1cncc(Br)c1)C(=O)O. The van der Waals surface area contributed by atoms with Gasteiger partial charge in [-0.15, -0.1) is 0 Å². The van der Waals surface area contributed by atoms with Crippen molar-refractivity contribution in [2.45, 2.75) is 19.6 Å². The number of hydrogen-bond acceptors (Lipinski definition) is 3. The van der Waals surface area contributed by atoms with Gasteiger partial charge < -0.3 is 9.84 Å². The van der Waals surface area contributed by atoms with Crippen LogP contribution in [0.4, 0.5) is 0 Å². The van der Waals surface area contributed by atoms with E-state index < -0.39 is 12.1 Å². The monoisotopic (exact) mass is 259 g/mol. The molecule has 1 aromatic rings. The largest absolute Gasteiger partial charge is 0.479 e. The highest BCUT2D eigenvalue weighted by Crippen LogP contribution is 2.10.